The van der Waals surface area contributed by atoms with Crippen molar-refractivity contribution in [2.45, 2.75) is 19.8 Å². The van der Waals surface area contributed by atoms with E-state index in [1.165, 1.54) is 11.3 Å². The van der Waals surface area contributed by atoms with Gasteiger partial charge in [0, 0.05) is 42.5 Å². The van der Waals surface area contributed by atoms with Gasteiger partial charge in [-0.25, -0.2) is 0 Å². The minimum atomic E-state index is 0.0865. The van der Waals surface area contributed by atoms with Crippen LogP contribution >= 0.6 is 11.6 Å². The van der Waals surface area contributed by atoms with E-state index in [-0.39, 0.29) is 5.91 Å². The molecule has 1 saturated heterocycles. The lowest BCUT2D eigenvalue weighted by Gasteiger charge is -2.37. The summed E-state index contributed by atoms with van der Waals surface area (Å²) in [7, 11) is 0. The Labute approximate surface area is 148 Å². The fraction of sp³-hybridized carbons (Fsp3) is 0.350. The number of halogens is 1. The van der Waals surface area contributed by atoms with Crippen molar-refractivity contribution in [2.75, 3.05) is 31.1 Å². The van der Waals surface area contributed by atoms with Gasteiger partial charge >= 0.3 is 0 Å². The lowest BCUT2D eigenvalue weighted by molar-refractivity contribution is 0.0746. The minimum Gasteiger partial charge on any atom is -0.368 e. The molecule has 0 spiro atoms. The predicted octanol–water partition coefficient (Wildman–Crippen LogP) is 4.43. The Balaban J connectivity index is 1.68. The highest BCUT2D eigenvalue weighted by Crippen LogP contribution is 2.28. The molecule has 1 amide bonds. The fourth-order valence-electron chi connectivity index (χ4n) is 3.19. The Hall–Kier alpha value is -2.00. The Bertz CT molecular complexity index is 704. The highest BCUT2D eigenvalue weighted by atomic mass is 35.5. The number of piperazine rings is 1. The number of para-hydroxylation sites is 1. The SMILES string of the molecule is CC(C)c1ccccc1N1CCN(C(=O)c2ccc(Cl)cc2)CC1. The molecule has 0 unspecified atom stereocenters. The largest absolute Gasteiger partial charge is 0.368 e. The van der Waals surface area contributed by atoms with Crippen LogP contribution in [0.4, 0.5) is 5.69 Å². The summed E-state index contributed by atoms with van der Waals surface area (Å²) >= 11 is 5.90. The molecule has 0 bridgehead atoms. The molecule has 0 atom stereocenters. The van der Waals surface area contributed by atoms with Crippen molar-refractivity contribution < 1.29 is 4.79 Å². The van der Waals surface area contributed by atoms with Gasteiger partial charge in [0.25, 0.3) is 5.91 Å². The molecule has 3 rings (SSSR count). The van der Waals surface area contributed by atoms with Gasteiger partial charge in [0.05, 0.1) is 0 Å². The second-order valence-electron chi connectivity index (χ2n) is 6.50. The van der Waals surface area contributed by atoms with Crippen LogP contribution in [0.15, 0.2) is 48.5 Å². The van der Waals surface area contributed by atoms with Crippen molar-refractivity contribution in [1.82, 2.24) is 4.90 Å². The Morgan fingerprint density at radius 1 is 0.958 bits per heavy atom. The summed E-state index contributed by atoms with van der Waals surface area (Å²) in [5, 5.41) is 0.654. The van der Waals surface area contributed by atoms with Crippen LogP contribution < -0.4 is 4.90 Å². The lowest BCUT2D eigenvalue weighted by Crippen LogP contribution is -2.49. The number of carbonyl (C=O) groups excluding carboxylic acids is 1. The van der Waals surface area contributed by atoms with Crippen molar-refractivity contribution in [3.05, 3.63) is 64.7 Å². The van der Waals surface area contributed by atoms with Crippen LogP contribution in [-0.2, 0) is 0 Å². The quantitative estimate of drug-likeness (QED) is 0.824. The summed E-state index contributed by atoms with van der Waals surface area (Å²) in [6.07, 6.45) is 0. The number of carbonyl (C=O) groups is 1. The van der Waals surface area contributed by atoms with E-state index >= 15 is 0 Å². The van der Waals surface area contributed by atoms with Crippen LogP contribution in [-0.4, -0.2) is 37.0 Å². The fourth-order valence-corrected chi connectivity index (χ4v) is 3.32. The number of hydrogen-bond donors (Lipinski definition) is 0. The van der Waals surface area contributed by atoms with Crippen molar-refractivity contribution >= 4 is 23.2 Å². The van der Waals surface area contributed by atoms with Gasteiger partial charge in [0.15, 0.2) is 0 Å². The predicted molar refractivity (Wildman–Crippen MR) is 100 cm³/mol. The molecular formula is C20H23ClN2O. The molecule has 1 heterocycles. The van der Waals surface area contributed by atoms with Gasteiger partial charge in [-0.1, -0.05) is 43.6 Å². The molecule has 0 N–H and O–H groups in total. The number of amides is 1. The minimum absolute atomic E-state index is 0.0865. The first-order valence-electron chi connectivity index (χ1n) is 8.45. The standard InChI is InChI=1S/C20H23ClN2O/c1-15(2)18-5-3-4-6-19(18)22-11-13-23(14-12-22)20(24)16-7-9-17(21)10-8-16/h3-10,15H,11-14H2,1-2H3. The third-order valence-electron chi connectivity index (χ3n) is 4.56. The molecule has 2 aromatic carbocycles. The zero-order valence-electron chi connectivity index (χ0n) is 14.2. The second-order valence-corrected chi connectivity index (χ2v) is 6.94. The Kier molecular flexibility index (Phi) is 5.10. The van der Waals surface area contributed by atoms with E-state index in [2.05, 4.69) is 43.0 Å². The summed E-state index contributed by atoms with van der Waals surface area (Å²) in [5.41, 5.74) is 3.37. The van der Waals surface area contributed by atoms with Crippen molar-refractivity contribution in [2.24, 2.45) is 0 Å². The molecule has 0 saturated carbocycles. The molecule has 24 heavy (non-hydrogen) atoms. The summed E-state index contributed by atoms with van der Waals surface area (Å²) in [6.45, 7) is 7.66. The summed E-state index contributed by atoms with van der Waals surface area (Å²) < 4.78 is 0. The maximum absolute atomic E-state index is 12.6. The van der Waals surface area contributed by atoms with E-state index in [1.807, 2.05) is 4.90 Å². The molecular weight excluding hydrogens is 320 g/mol. The number of benzene rings is 2. The first kappa shape index (κ1) is 16.8. The maximum Gasteiger partial charge on any atom is 0.253 e. The first-order valence-corrected chi connectivity index (χ1v) is 8.83. The number of nitrogens with zero attached hydrogens (tertiary/aromatic N) is 2. The maximum atomic E-state index is 12.6. The molecule has 126 valence electrons. The zero-order chi connectivity index (χ0) is 17.1. The lowest BCUT2D eigenvalue weighted by atomic mass is 10.00. The highest BCUT2D eigenvalue weighted by Gasteiger charge is 2.23. The molecule has 2 aromatic rings. The van der Waals surface area contributed by atoms with Crippen LogP contribution in [0.5, 0.6) is 0 Å². The van der Waals surface area contributed by atoms with E-state index in [0.29, 0.717) is 16.5 Å². The zero-order valence-corrected chi connectivity index (χ0v) is 15.0. The average Bonchev–Trinajstić information content (AvgIpc) is 2.62. The van der Waals surface area contributed by atoms with E-state index in [9.17, 15) is 4.79 Å². The summed E-state index contributed by atoms with van der Waals surface area (Å²) in [6, 6.07) is 15.7. The molecule has 3 nitrogen and oxygen atoms in total. The smallest absolute Gasteiger partial charge is 0.253 e. The van der Waals surface area contributed by atoms with Crippen LogP contribution in [0.3, 0.4) is 0 Å². The third kappa shape index (κ3) is 3.57. The monoisotopic (exact) mass is 342 g/mol. The van der Waals surface area contributed by atoms with E-state index in [4.69, 9.17) is 11.6 Å². The number of hydrogen-bond acceptors (Lipinski definition) is 2. The van der Waals surface area contributed by atoms with Gasteiger partial charge in [-0.3, -0.25) is 4.79 Å². The molecule has 0 aromatic heterocycles. The average molecular weight is 343 g/mol. The molecule has 4 heteroatoms. The Morgan fingerprint density at radius 2 is 1.58 bits per heavy atom. The van der Waals surface area contributed by atoms with Crippen LogP contribution in [0, 0.1) is 0 Å². The van der Waals surface area contributed by atoms with E-state index < -0.39 is 0 Å². The van der Waals surface area contributed by atoms with Crippen LogP contribution in [0.1, 0.15) is 35.7 Å². The van der Waals surface area contributed by atoms with Crippen molar-refractivity contribution in [1.29, 1.82) is 0 Å². The van der Waals surface area contributed by atoms with Gasteiger partial charge in [-0.2, -0.15) is 0 Å². The van der Waals surface area contributed by atoms with E-state index in [0.717, 1.165) is 26.2 Å². The van der Waals surface area contributed by atoms with Crippen molar-refractivity contribution in [3.8, 4) is 0 Å². The second kappa shape index (κ2) is 7.27. The molecule has 1 aliphatic heterocycles. The van der Waals surface area contributed by atoms with Gasteiger partial charge in [0.2, 0.25) is 0 Å². The Morgan fingerprint density at radius 3 is 2.21 bits per heavy atom. The van der Waals surface area contributed by atoms with Crippen molar-refractivity contribution in [3.63, 3.8) is 0 Å². The molecule has 0 radical (unpaired) electrons. The molecule has 0 aliphatic carbocycles. The van der Waals surface area contributed by atoms with Gasteiger partial charge in [-0.15, -0.1) is 0 Å². The van der Waals surface area contributed by atoms with Crippen LogP contribution in [0.2, 0.25) is 5.02 Å². The van der Waals surface area contributed by atoms with Crippen LogP contribution in [0.25, 0.3) is 0 Å². The third-order valence-corrected chi connectivity index (χ3v) is 4.81. The number of anilines is 1. The molecule has 1 fully saturated rings. The van der Waals surface area contributed by atoms with Gasteiger partial charge < -0.3 is 9.80 Å². The highest BCUT2D eigenvalue weighted by molar-refractivity contribution is 6.30. The topological polar surface area (TPSA) is 23.6 Å². The van der Waals surface area contributed by atoms with E-state index in [1.54, 1.807) is 24.3 Å². The van der Waals surface area contributed by atoms with Gasteiger partial charge in [-0.05, 0) is 41.8 Å². The molecule has 1 aliphatic rings. The summed E-state index contributed by atoms with van der Waals surface area (Å²) in [4.78, 5) is 16.9. The normalized spacial score (nSPS) is 15.0. The summed E-state index contributed by atoms with van der Waals surface area (Å²) in [5.74, 6) is 0.582. The first-order chi connectivity index (χ1) is 11.6. The number of rotatable bonds is 3. The van der Waals surface area contributed by atoms with Gasteiger partial charge in [0.1, 0.15) is 0 Å².